The van der Waals surface area contributed by atoms with Crippen LogP contribution < -0.4 is 4.90 Å². The zero-order chi connectivity index (χ0) is 21.8. The van der Waals surface area contributed by atoms with E-state index >= 15 is 0 Å². The number of rotatable bonds is 6. The Balaban J connectivity index is 1.70. The fourth-order valence-electron chi connectivity index (χ4n) is 3.39. The molecule has 1 aliphatic heterocycles. The number of carboxylic acid groups (broad SMARTS) is 1. The Morgan fingerprint density at radius 3 is 2.71 bits per heavy atom. The Labute approximate surface area is 190 Å². The lowest BCUT2D eigenvalue weighted by molar-refractivity contribution is 0.0697. The van der Waals surface area contributed by atoms with Gasteiger partial charge in [-0.05, 0) is 47.7 Å². The molecule has 1 aromatic heterocycles. The number of carboxylic acids is 1. The highest BCUT2D eigenvalue weighted by Gasteiger charge is 2.25. The van der Waals surface area contributed by atoms with Crippen molar-refractivity contribution in [3.8, 4) is 11.1 Å². The van der Waals surface area contributed by atoms with Crippen molar-refractivity contribution in [3.05, 3.63) is 77.5 Å². The molecular formula is C24H23N3O2S2. The lowest BCUT2D eigenvalue weighted by Crippen LogP contribution is -2.31. The van der Waals surface area contributed by atoms with E-state index in [4.69, 9.17) is 4.40 Å². The van der Waals surface area contributed by atoms with E-state index in [0.29, 0.717) is 12.1 Å². The zero-order valence-electron chi connectivity index (χ0n) is 17.4. The highest BCUT2D eigenvalue weighted by Crippen LogP contribution is 2.38. The minimum absolute atomic E-state index is 0.298. The molecule has 0 fully saturated rings. The summed E-state index contributed by atoms with van der Waals surface area (Å²) in [5.41, 5.74) is 3.90. The summed E-state index contributed by atoms with van der Waals surface area (Å²) >= 11 is 3.15. The summed E-state index contributed by atoms with van der Waals surface area (Å²) in [5.74, 6) is 0.899. The van der Waals surface area contributed by atoms with Crippen LogP contribution in [0.5, 0.6) is 0 Å². The number of thioether (sulfide) groups is 1. The Morgan fingerprint density at radius 1 is 1.16 bits per heavy atom. The van der Waals surface area contributed by atoms with Gasteiger partial charge in [0.25, 0.3) is 0 Å². The maximum Gasteiger partial charge on any atom is 0.336 e. The van der Waals surface area contributed by atoms with Crippen molar-refractivity contribution in [2.75, 3.05) is 10.7 Å². The molecule has 7 heteroatoms. The number of benzene rings is 2. The standard InChI is InChI=1S/C24H23N3O2S2/c1-3-11-30-24-26-31-21-12-16(2)14-25-22(21)27(24)15-17-9-10-19(20(13-17)23(28)29)18-7-5-4-6-8-18/h4-10,12-14H,3,11,15H2,1-2H3,(H,28,29). The summed E-state index contributed by atoms with van der Waals surface area (Å²) in [6.07, 6.45) is 2.91. The van der Waals surface area contributed by atoms with Crippen LogP contribution in [0.25, 0.3) is 11.1 Å². The van der Waals surface area contributed by atoms with Crippen molar-refractivity contribution < 1.29 is 9.90 Å². The maximum atomic E-state index is 12.0. The molecule has 0 atom stereocenters. The fourth-order valence-corrected chi connectivity index (χ4v) is 5.17. The van der Waals surface area contributed by atoms with Gasteiger partial charge in [0.15, 0.2) is 5.17 Å². The Morgan fingerprint density at radius 2 is 1.97 bits per heavy atom. The van der Waals surface area contributed by atoms with Crippen LogP contribution in [-0.4, -0.2) is 27.0 Å². The van der Waals surface area contributed by atoms with Gasteiger partial charge in [-0.25, -0.2) is 9.78 Å². The molecule has 5 nitrogen and oxygen atoms in total. The van der Waals surface area contributed by atoms with E-state index in [-0.39, 0.29) is 0 Å². The first-order valence-corrected chi connectivity index (χ1v) is 11.9. The normalized spacial score (nSPS) is 13.0. The molecule has 31 heavy (non-hydrogen) atoms. The maximum absolute atomic E-state index is 12.0. The monoisotopic (exact) mass is 449 g/mol. The molecule has 0 bridgehead atoms. The van der Waals surface area contributed by atoms with E-state index in [2.05, 4.69) is 22.9 Å². The van der Waals surface area contributed by atoms with E-state index in [1.165, 1.54) is 11.9 Å². The summed E-state index contributed by atoms with van der Waals surface area (Å²) in [7, 11) is 0. The second-order valence-corrected chi connectivity index (χ2v) is 9.15. The first-order chi connectivity index (χ1) is 15.1. The first-order valence-electron chi connectivity index (χ1n) is 10.1. The molecule has 0 radical (unpaired) electrons. The van der Waals surface area contributed by atoms with Crippen LogP contribution in [0.2, 0.25) is 0 Å². The van der Waals surface area contributed by atoms with Crippen LogP contribution in [0.3, 0.4) is 0 Å². The molecule has 2 heterocycles. The van der Waals surface area contributed by atoms with E-state index < -0.39 is 5.97 Å². The first kappa shape index (κ1) is 21.5. The fraction of sp³-hybridized carbons (Fsp3) is 0.208. The molecule has 0 saturated heterocycles. The average molecular weight is 450 g/mol. The third kappa shape index (κ3) is 4.78. The van der Waals surface area contributed by atoms with Crippen LogP contribution in [0, 0.1) is 6.92 Å². The molecule has 0 unspecified atom stereocenters. The summed E-state index contributed by atoms with van der Waals surface area (Å²) < 4.78 is 4.72. The van der Waals surface area contributed by atoms with Crippen LogP contribution in [0.1, 0.15) is 34.8 Å². The van der Waals surface area contributed by atoms with Crippen molar-refractivity contribution in [1.29, 1.82) is 0 Å². The number of carbonyl (C=O) groups is 1. The largest absolute Gasteiger partial charge is 0.478 e. The number of amidine groups is 1. The number of aromatic carboxylic acids is 1. The smallest absolute Gasteiger partial charge is 0.336 e. The number of nitrogens with zero attached hydrogens (tertiary/aromatic N) is 3. The highest BCUT2D eigenvalue weighted by molar-refractivity contribution is 8.15. The lowest BCUT2D eigenvalue weighted by atomic mass is 9.97. The molecular weight excluding hydrogens is 426 g/mol. The predicted octanol–water partition coefficient (Wildman–Crippen LogP) is 6.28. The molecule has 0 saturated carbocycles. The van der Waals surface area contributed by atoms with Crippen molar-refractivity contribution in [2.45, 2.75) is 31.7 Å². The van der Waals surface area contributed by atoms with E-state index in [9.17, 15) is 9.90 Å². The van der Waals surface area contributed by atoms with Crippen molar-refractivity contribution in [3.63, 3.8) is 0 Å². The second-order valence-electron chi connectivity index (χ2n) is 7.29. The predicted molar refractivity (Wildman–Crippen MR) is 130 cm³/mol. The van der Waals surface area contributed by atoms with Gasteiger partial charge in [-0.15, -0.1) is 0 Å². The topological polar surface area (TPSA) is 65.8 Å². The van der Waals surface area contributed by atoms with Gasteiger partial charge in [0.05, 0.1) is 17.0 Å². The van der Waals surface area contributed by atoms with Crippen LogP contribution in [0.15, 0.2) is 70.1 Å². The van der Waals surface area contributed by atoms with Gasteiger partial charge < -0.3 is 5.11 Å². The Hall–Kier alpha value is -2.77. The molecule has 1 N–H and O–H groups in total. The van der Waals surface area contributed by atoms with Crippen LogP contribution >= 0.6 is 23.7 Å². The van der Waals surface area contributed by atoms with Crippen LogP contribution in [0.4, 0.5) is 5.82 Å². The number of pyridine rings is 1. The van der Waals surface area contributed by atoms with E-state index in [0.717, 1.165) is 50.3 Å². The molecule has 0 amide bonds. The zero-order valence-corrected chi connectivity index (χ0v) is 19.0. The third-order valence-corrected chi connectivity index (χ3v) is 6.91. The highest BCUT2D eigenvalue weighted by atomic mass is 32.2. The summed E-state index contributed by atoms with van der Waals surface area (Å²) in [5, 5.41) is 10.8. The van der Waals surface area contributed by atoms with Gasteiger partial charge in [0.2, 0.25) is 0 Å². The van der Waals surface area contributed by atoms with E-state index in [1.807, 2.05) is 55.6 Å². The molecule has 4 rings (SSSR count). The van der Waals surface area contributed by atoms with Crippen molar-refractivity contribution >= 4 is 40.7 Å². The number of hydrogen-bond donors (Lipinski definition) is 1. The van der Waals surface area contributed by atoms with Crippen molar-refractivity contribution in [1.82, 2.24) is 4.98 Å². The Kier molecular flexibility index (Phi) is 6.63. The third-order valence-electron chi connectivity index (χ3n) is 4.85. The number of aryl methyl sites for hydroxylation is 1. The van der Waals surface area contributed by atoms with Gasteiger partial charge >= 0.3 is 5.97 Å². The summed E-state index contributed by atoms with van der Waals surface area (Å²) in [6.45, 7) is 4.67. The molecule has 3 aromatic rings. The lowest BCUT2D eigenvalue weighted by Gasteiger charge is -2.29. The molecule has 1 aliphatic rings. The average Bonchev–Trinajstić information content (AvgIpc) is 2.79. The quantitative estimate of drug-likeness (QED) is 0.447. The molecule has 0 aliphatic carbocycles. The number of anilines is 1. The minimum atomic E-state index is -0.932. The summed E-state index contributed by atoms with van der Waals surface area (Å²) in [6, 6.07) is 17.4. The second kappa shape index (κ2) is 9.58. The van der Waals surface area contributed by atoms with E-state index in [1.54, 1.807) is 17.8 Å². The molecule has 0 spiro atoms. The molecule has 158 valence electrons. The number of fused-ring (bicyclic) bond motifs is 1. The van der Waals surface area contributed by atoms with Gasteiger partial charge in [-0.1, -0.05) is 61.2 Å². The SMILES string of the molecule is CCCSC1=NSc2cc(C)cnc2N1Cc1ccc(-c2ccccc2)c(C(=O)O)c1. The number of aromatic nitrogens is 1. The summed E-state index contributed by atoms with van der Waals surface area (Å²) in [4.78, 5) is 19.8. The van der Waals surface area contributed by atoms with Gasteiger partial charge in [0.1, 0.15) is 5.82 Å². The van der Waals surface area contributed by atoms with Gasteiger partial charge in [-0.3, -0.25) is 4.90 Å². The van der Waals surface area contributed by atoms with Crippen molar-refractivity contribution in [2.24, 2.45) is 4.40 Å². The van der Waals surface area contributed by atoms with Crippen LogP contribution in [-0.2, 0) is 6.54 Å². The minimum Gasteiger partial charge on any atom is -0.478 e. The number of hydrogen-bond acceptors (Lipinski definition) is 6. The Bertz CT molecular complexity index is 1130. The van der Waals surface area contributed by atoms with Gasteiger partial charge in [-0.2, -0.15) is 4.40 Å². The molecule has 2 aromatic carbocycles. The van der Waals surface area contributed by atoms with Gasteiger partial charge in [0, 0.05) is 23.9 Å².